The zero-order chi connectivity index (χ0) is 14.5. The van der Waals surface area contributed by atoms with Crippen molar-refractivity contribution in [1.82, 2.24) is 0 Å². The molecule has 0 saturated carbocycles. The van der Waals surface area contributed by atoms with E-state index in [9.17, 15) is 13.2 Å². The van der Waals surface area contributed by atoms with E-state index in [-0.39, 0.29) is 9.80 Å². The molecule has 7 heteroatoms. The molecule has 20 heavy (non-hydrogen) atoms. The minimum Gasteiger partial charge on any atom is -0.465 e. The lowest BCUT2D eigenvalue weighted by Crippen LogP contribution is -2.30. The van der Waals surface area contributed by atoms with Gasteiger partial charge in [0.15, 0.2) is 4.91 Å². The third-order valence-electron chi connectivity index (χ3n) is 3.52. The van der Waals surface area contributed by atoms with E-state index in [1.54, 1.807) is 12.1 Å². The van der Waals surface area contributed by atoms with Crippen LogP contribution in [0, 0.1) is 0 Å². The second-order valence-corrected chi connectivity index (χ2v) is 7.41. The van der Waals surface area contributed by atoms with E-state index in [0.717, 1.165) is 10.9 Å². The molecule has 106 valence electrons. The number of benzene rings is 1. The Balaban J connectivity index is 2.33. The Hall–Kier alpha value is -1.34. The molecule has 0 spiro atoms. The fraction of sp³-hybridized carbons (Fsp3) is 0.308. The molecule has 0 radical (unpaired) electrons. The van der Waals surface area contributed by atoms with Crippen molar-refractivity contribution in [3.63, 3.8) is 0 Å². The Morgan fingerprint density at radius 3 is 2.85 bits per heavy atom. The zero-order valence-electron chi connectivity index (χ0n) is 10.7. The minimum absolute atomic E-state index is 0.159. The first-order valence-electron chi connectivity index (χ1n) is 6.10. The number of hydrogen-bond acceptors (Lipinski definition) is 5. The van der Waals surface area contributed by atoms with Crippen molar-refractivity contribution >= 4 is 37.4 Å². The quantitative estimate of drug-likeness (QED) is 0.721. The maximum absolute atomic E-state index is 12.7. The largest absolute Gasteiger partial charge is 0.465 e. The van der Waals surface area contributed by atoms with Gasteiger partial charge < -0.3 is 9.64 Å². The van der Waals surface area contributed by atoms with Gasteiger partial charge in [0.2, 0.25) is 9.84 Å². The number of carbonyl (C=O) groups is 1. The summed E-state index contributed by atoms with van der Waals surface area (Å²) in [5, 5.41) is 0. The lowest BCUT2D eigenvalue weighted by Gasteiger charge is -2.29. The zero-order valence-corrected chi connectivity index (χ0v) is 13.1. The Kier molecular flexibility index (Phi) is 3.13. The van der Waals surface area contributed by atoms with E-state index in [2.05, 4.69) is 20.7 Å². The summed E-state index contributed by atoms with van der Waals surface area (Å²) >= 11 is 3.35. The predicted molar refractivity (Wildman–Crippen MR) is 76.9 cm³/mol. The van der Waals surface area contributed by atoms with Crippen LogP contribution in [0.15, 0.2) is 38.2 Å². The summed E-state index contributed by atoms with van der Waals surface area (Å²) in [6.07, 6.45) is 1.38. The molecule has 2 heterocycles. The van der Waals surface area contributed by atoms with E-state index < -0.39 is 15.8 Å². The summed E-state index contributed by atoms with van der Waals surface area (Å²) in [7, 11) is -2.63. The molecule has 1 saturated heterocycles. The summed E-state index contributed by atoms with van der Waals surface area (Å²) in [5.41, 5.74) is 1.17. The fourth-order valence-electron chi connectivity index (χ4n) is 2.69. The van der Waals surface area contributed by atoms with Crippen molar-refractivity contribution in [1.29, 1.82) is 0 Å². The van der Waals surface area contributed by atoms with Crippen LogP contribution in [0.5, 0.6) is 0 Å². The van der Waals surface area contributed by atoms with Gasteiger partial charge in [-0.3, -0.25) is 0 Å². The van der Waals surface area contributed by atoms with Crippen LogP contribution in [0.3, 0.4) is 0 Å². The molecule has 3 rings (SSSR count). The van der Waals surface area contributed by atoms with Gasteiger partial charge in [-0.2, -0.15) is 0 Å². The van der Waals surface area contributed by atoms with Crippen LogP contribution < -0.4 is 4.90 Å². The first-order valence-corrected chi connectivity index (χ1v) is 8.38. The molecule has 0 bridgehead atoms. The van der Waals surface area contributed by atoms with Crippen LogP contribution in [0.4, 0.5) is 5.69 Å². The van der Waals surface area contributed by atoms with Crippen LogP contribution in [0.1, 0.15) is 12.8 Å². The monoisotopic (exact) mass is 357 g/mol. The summed E-state index contributed by atoms with van der Waals surface area (Å²) < 4.78 is 30.8. The second kappa shape index (κ2) is 4.60. The molecular formula is C13H12BrNO4S. The van der Waals surface area contributed by atoms with Crippen molar-refractivity contribution in [2.75, 3.05) is 18.6 Å². The van der Waals surface area contributed by atoms with E-state index in [4.69, 9.17) is 0 Å². The fourth-order valence-corrected chi connectivity index (χ4v) is 4.78. The van der Waals surface area contributed by atoms with Crippen LogP contribution in [-0.2, 0) is 19.4 Å². The summed E-state index contributed by atoms with van der Waals surface area (Å²) in [6.45, 7) is 0.703. The molecule has 0 aromatic heterocycles. The lowest BCUT2D eigenvalue weighted by atomic mass is 10.2. The third kappa shape index (κ3) is 1.80. The van der Waals surface area contributed by atoms with Crippen LogP contribution in [-0.4, -0.2) is 28.0 Å². The topological polar surface area (TPSA) is 63.7 Å². The number of nitrogens with zero attached hydrogens (tertiary/aromatic N) is 1. The normalized spacial score (nSPS) is 19.6. The first kappa shape index (κ1) is 13.6. The number of ether oxygens (including phenoxy) is 1. The van der Waals surface area contributed by atoms with Gasteiger partial charge in [-0.1, -0.05) is 15.9 Å². The number of esters is 1. The van der Waals surface area contributed by atoms with Crippen LogP contribution >= 0.6 is 15.9 Å². The van der Waals surface area contributed by atoms with Gasteiger partial charge in [0, 0.05) is 16.7 Å². The number of halogens is 1. The number of carbonyl (C=O) groups excluding carboxylic acids is 1. The SMILES string of the molecule is COC(=O)C1=C2CCCN2c2cc(Br)ccc2S1(=O)=O. The summed E-state index contributed by atoms with van der Waals surface area (Å²) in [4.78, 5) is 13.7. The van der Waals surface area contributed by atoms with E-state index in [1.807, 2.05) is 4.90 Å². The molecule has 2 aliphatic rings. The van der Waals surface area contributed by atoms with Gasteiger partial charge in [-0.25, -0.2) is 13.2 Å². The molecule has 1 aromatic rings. The Labute approximate surface area is 125 Å². The van der Waals surface area contributed by atoms with Crippen molar-refractivity contribution in [2.45, 2.75) is 17.7 Å². The third-order valence-corrected chi connectivity index (χ3v) is 5.88. The highest BCUT2D eigenvalue weighted by molar-refractivity contribution is 9.10. The number of allylic oxidation sites excluding steroid dienone is 1. The highest BCUT2D eigenvalue weighted by Crippen LogP contribution is 2.44. The molecule has 0 N–H and O–H groups in total. The molecule has 0 amide bonds. The summed E-state index contributed by atoms with van der Waals surface area (Å²) in [6, 6.07) is 4.95. The molecule has 2 aliphatic heterocycles. The summed E-state index contributed by atoms with van der Waals surface area (Å²) in [5.74, 6) is -0.791. The van der Waals surface area contributed by atoms with Gasteiger partial charge in [0.05, 0.1) is 17.7 Å². The molecule has 0 aliphatic carbocycles. The smallest absolute Gasteiger partial charge is 0.351 e. The Morgan fingerprint density at radius 1 is 1.40 bits per heavy atom. The van der Waals surface area contributed by atoms with Gasteiger partial charge in [-0.15, -0.1) is 0 Å². The standard InChI is InChI=1S/C13H12BrNO4S/c1-19-13(16)12-9-3-2-6-15(9)10-7-8(14)4-5-11(10)20(12,17)18/h4-5,7H,2-3,6H2,1H3. The van der Waals surface area contributed by atoms with Gasteiger partial charge in [-0.05, 0) is 31.0 Å². The highest BCUT2D eigenvalue weighted by Gasteiger charge is 2.42. The van der Waals surface area contributed by atoms with E-state index >= 15 is 0 Å². The molecule has 1 fully saturated rings. The maximum atomic E-state index is 12.7. The average molecular weight is 358 g/mol. The highest BCUT2D eigenvalue weighted by atomic mass is 79.9. The molecule has 0 unspecified atom stereocenters. The number of sulfone groups is 1. The van der Waals surface area contributed by atoms with Crippen LogP contribution in [0.25, 0.3) is 0 Å². The maximum Gasteiger partial charge on any atom is 0.351 e. The molecule has 1 aromatic carbocycles. The Bertz CT molecular complexity index is 739. The number of rotatable bonds is 1. The van der Waals surface area contributed by atoms with Crippen molar-refractivity contribution < 1.29 is 17.9 Å². The van der Waals surface area contributed by atoms with Crippen LogP contribution in [0.2, 0.25) is 0 Å². The molecular weight excluding hydrogens is 346 g/mol. The number of anilines is 1. The van der Waals surface area contributed by atoms with Crippen molar-refractivity contribution in [2.24, 2.45) is 0 Å². The van der Waals surface area contributed by atoms with Crippen molar-refractivity contribution in [3.05, 3.63) is 33.3 Å². The van der Waals surface area contributed by atoms with E-state index in [0.29, 0.717) is 24.4 Å². The van der Waals surface area contributed by atoms with Gasteiger partial charge in [0.1, 0.15) is 0 Å². The molecule has 5 nitrogen and oxygen atoms in total. The second-order valence-electron chi connectivity index (χ2n) is 4.64. The Morgan fingerprint density at radius 2 is 2.15 bits per heavy atom. The number of hydrogen-bond donors (Lipinski definition) is 0. The minimum atomic E-state index is -3.82. The van der Waals surface area contributed by atoms with Gasteiger partial charge in [0.25, 0.3) is 0 Å². The number of fused-ring (bicyclic) bond motifs is 3. The lowest BCUT2D eigenvalue weighted by molar-refractivity contribution is -0.135. The number of methoxy groups -OCH3 is 1. The molecule has 0 atom stereocenters. The van der Waals surface area contributed by atoms with Crippen molar-refractivity contribution in [3.8, 4) is 0 Å². The van der Waals surface area contributed by atoms with E-state index in [1.165, 1.54) is 13.2 Å². The van der Waals surface area contributed by atoms with Gasteiger partial charge >= 0.3 is 5.97 Å². The average Bonchev–Trinajstić information content (AvgIpc) is 2.86. The predicted octanol–water partition coefficient (Wildman–Crippen LogP) is 2.22. The first-order chi connectivity index (χ1) is 9.46.